The molecule has 0 bridgehead atoms. The molecule has 0 radical (unpaired) electrons. The van der Waals surface area contributed by atoms with Gasteiger partial charge >= 0.3 is 0 Å². The smallest absolute Gasteiger partial charge is 0.163 e. The highest BCUT2D eigenvalue weighted by Crippen LogP contribution is 1.96. The molecule has 0 heterocycles. The van der Waals surface area contributed by atoms with Crippen LogP contribution in [-0.2, 0) is 4.79 Å². The predicted octanol–water partition coefficient (Wildman–Crippen LogP) is 0.325. The first-order chi connectivity index (χ1) is 4.09. The minimum Gasteiger partial charge on any atom is -0.384 e. The molecule has 0 aromatic rings. The van der Waals surface area contributed by atoms with Gasteiger partial charge in [0.15, 0.2) is 5.78 Å². The Morgan fingerprint density at radius 2 is 2.22 bits per heavy atom. The summed E-state index contributed by atoms with van der Waals surface area (Å²) < 4.78 is 0. The van der Waals surface area contributed by atoms with E-state index in [0.29, 0.717) is 0 Å². The van der Waals surface area contributed by atoms with E-state index in [2.05, 4.69) is 12.6 Å². The third kappa shape index (κ3) is 2.32. The number of nitrogens with one attached hydrogen (secondary N) is 1. The quantitative estimate of drug-likeness (QED) is 0.226. The lowest BCUT2D eigenvalue weighted by Gasteiger charge is -1.95. The summed E-state index contributed by atoms with van der Waals surface area (Å²) in [5.74, 6) is -0.477. The largest absolute Gasteiger partial charge is 0.384 e. The van der Waals surface area contributed by atoms with Crippen molar-refractivity contribution in [3.63, 3.8) is 0 Å². The van der Waals surface area contributed by atoms with Crippen molar-refractivity contribution in [2.75, 3.05) is 0 Å². The Labute approximate surface area is 58.9 Å². The Balaban J connectivity index is 4.38. The van der Waals surface area contributed by atoms with Gasteiger partial charge in [0.2, 0.25) is 0 Å². The number of carbonyl (C=O) groups excluding carboxylic acids is 1. The van der Waals surface area contributed by atoms with Crippen LogP contribution in [0.1, 0.15) is 6.92 Å². The first-order valence-electron chi connectivity index (χ1n) is 2.29. The van der Waals surface area contributed by atoms with Crippen molar-refractivity contribution in [1.29, 1.82) is 5.41 Å². The summed E-state index contributed by atoms with van der Waals surface area (Å²) in [5.41, 5.74) is 5.14. The first kappa shape index (κ1) is 8.23. The van der Waals surface area contributed by atoms with Crippen LogP contribution in [0.25, 0.3) is 0 Å². The van der Waals surface area contributed by atoms with Crippen LogP contribution in [-0.4, -0.2) is 11.6 Å². The minimum absolute atomic E-state index is 0.151. The van der Waals surface area contributed by atoms with Gasteiger partial charge in [0.05, 0.1) is 5.57 Å². The summed E-state index contributed by atoms with van der Waals surface area (Å²) in [6.45, 7) is 1.34. The molecule has 3 N–H and O–H groups in total. The van der Waals surface area contributed by atoms with Gasteiger partial charge in [-0.1, -0.05) is 0 Å². The van der Waals surface area contributed by atoms with Crippen LogP contribution in [0.4, 0.5) is 0 Å². The molecule has 0 fully saturated rings. The Morgan fingerprint density at radius 3 is 2.22 bits per heavy atom. The highest BCUT2D eigenvalue weighted by Gasteiger charge is 2.03. The molecule has 0 aliphatic rings. The molecule has 0 aliphatic carbocycles. The molecular formula is C5H8N2OS. The van der Waals surface area contributed by atoms with Crippen molar-refractivity contribution < 1.29 is 4.79 Å². The van der Waals surface area contributed by atoms with Gasteiger partial charge in [0, 0.05) is 0 Å². The monoisotopic (exact) mass is 144 g/mol. The topological polar surface area (TPSA) is 66.9 Å². The molecule has 0 aromatic carbocycles. The van der Waals surface area contributed by atoms with E-state index in [4.69, 9.17) is 11.1 Å². The number of hydrogen-bond acceptors (Lipinski definition) is 3. The van der Waals surface area contributed by atoms with E-state index in [9.17, 15) is 4.79 Å². The summed E-state index contributed by atoms with van der Waals surface area (Å²) in [6, 6.07) is 0. The Morgan fingerprint density at radius 1 is 1.78 bits per heavy atom. The molecule has 0 unspecified atom stereocenters. The van der Waals surface area contributed by atoms with E-state index in [1.807, 2.05) is 0 Å². The van der Waals surface area contributed by atoms with E-state index in [1.165, 1.54) is 12.3 Å². The Hall–Kier alpha value is -0.770. The zero-order valence-electron chi connectivity index (χ0n) is 5.01. The van der Waals surface area contributed by atoms with E-state index < -0.39 is 0 Å². The number of hydrogen-bond donors (Lipinski definition) is 3. The average Bonchev–Trinajstić information content (AvgIpc) is 1.64. The van der Waals surface area contributed by atoms with Gasteiger partial charge in [-0.15, -0.1) is 0 Å². The van der Waals surface area contributed by atoms with Crippen LogP contribution in [0, 0.1) is 5.41 Å². The molecule has 0 aromatic heterocycles. The lowest BCUT2D eigenvalue weighted by Crippen LogP contribution is -2.17. The van der Waals surface area contributed by atoms with Crippen molar-refractivity contribution in [1.82, 2.24) is 0 Å². The van der Waals surface area contributed by atoms with Gasteiger partial charge in [-0.25, -0.2) is 0 Å². The fourth-order valence-corrected chi connectivity index (χ4v) is 0.671. The van der Waals surface area contributed by atoms with E-state index in [1.54, 1.807) is 0 Å². The fraction of sp³-hybridized carbons (Fsp3) is 0.200. The van der Waals surface area contributed by atoms with Crippen molar-refractivity contribution in [2.45, 2.75) is 6.92 Å². The second kappa shape index (κ2) is 3.29. The molecule has 9 heavy (non-hydrogen) atoms. The van der Waals surface area contributed by atoms with Crippen LogP contribution in [0.3, 0.4) is 0 Å². The SMILES string of the molecule is CC(=O)/C(=C/S)C(=N)N. The highest BCUT2D eigenvalue weighted by molar-refractivity contribution is 7.83. The number of thiol groups is 1. The number of ketones is 1. The number of carbonyl (C=O) groups is 1. The van der Waals surface area contributed by atoms with Gasteiger partial charge in [0.25, 0.3) is 0 Å². The number of rotatable bonds is 2. The zero-order chi connectivity index (χ0) is 7.44. The molecule has 4 heteroatoms. The third-order valence-corrected chi connectivity index (χ3v) is 1.06. The standard InChI is InChI=1S/C5H8N2OS/c1-3(8)4(2-9)5(6)7/h2,9H,1H3,(H3,6,7)/b4-2-. The molecule has 0 aliphatic heterocycles. The molecule has 0 rings (SSSR count). The maximum Gasteiger partial charge on any atom is 0.163 e. The Bertz CT molecular complexity index is 158. The lowest BCUT2D eigenvalue weighted by molar-refractivity contribution is -0.113. The van der Waals surface area contributed by atoms with Crippen molar-refractivity contribution in [3.8, 4) is 0 Å². The van der Waals surface area contributed by atoms with E-state index in [-0.39, 0.29) is 17.2 Å². The summed E-state index contributed by atoms with van der Waals surface area (Å²) >= 11 is 3.69. The maximum atomic E-state index is 10.5. The Kier molecular flexibility index (Phi) is 3.01. The highest BCUT2D eigenvalue weighted by atomic mass is 32.1. The van der Waals surface area contributed by atoms with Crippen molar-refractivity contribution in [2.24, 2.45) is 5.73 Å². The predicted molar refractivity (Wildman–Crippen MR) is 39.7 cm³/mol. The first-order valence-corrected chi connectivity index (χ1v) is 2.81. The van der Waals surface area contributed by atoms with Gasteiger partial charge < -0.3 is 5.73 Å². The van der Waals surface area contributed by atoms with Crippen LogP contribution in [0.5, 0.6) is 0 Å². The van der Waals surface area contributed by atoms with Gasteiger partial charge in [0.1, 0.15) is 5.84 Å². The number of Topliss-reactive ketones (excluding diaryl/α,β-unsaturated/α-hetero) is 1. The second-order valence-electron chi connectivity index (χ2n) is 1.51. The molecule has 0 amide bonds. The molecule has 50 valence electrons. The van der Waals surface area contributed by atoms with Gasteiger partial charge in [-0.2, -0.15) is 12.6 Å². The molecule has 0 saturated carbocycles. The van der Waals surface area contributed by atoms with Crippen LogP contribution in [0.2, 0.25) is 0 Å². The number of nitrogens with two attached hydrogens (primary N) is 1. The fourth-order valence-electron chi connectivity index (χ4n) is 0.350. The van der Waals surface area contributed by atoms with E-state index in [0.717, 1.165) is 0 Å². The van der Waals surface area contributed by atoms with E-state index >= 15 is 0 Å². The van der Waals surface area contributed by atoms with Crippen LogP contribution < -0.4 is 5.73 Å². The lowest BCUT2D eigenvalue weighted by atomic mass is 10.2. The van der Waals surface area contributed by atoms with Crippen LogP contribution >= 0.6 is 12.6 Å². The van der Waals surface area contributed by atoms with Gasteiger partial charge in [-0.3, -0.25) is 10.2 Å². The normalized spacial score (nSPS) is 11.1. The third-order valence-electron chi connectivity index (χ3n) is 0.799. The summed E-state index contributed by atoms with van der Waals surface area (Å²) in [5, 5.41) is 8.05. The van der Waals surface area contributed by atoms with Crippen LogP contribution in [0.15, 0.2) is 11.0 Å². The molecular weight excluding hydrogens is 136 g/mol. The summed E-state index contributed by atoms with van der Waals surface area (Å²) in [4.78, 5) is 10.5. The summed E-state index contributed by atoms with van der Waals surface area (Å²) in [7, 11) is 0. The van der Waals surface area contributed by atoms with Crippen molar-refractivity contribution in [3.05, 3.63) is 11.0 Å². The molecule has 0 spiro atoms. The second-order valence-corrected chi connectivity index (χ2v) is 1.77. The summed E-state index contributed by atoms with van der Waals surface area (Å²) in [6.07, 6.45) is 0. The van der Waals surface area contributed by atoms with Gasteiger partial charge in [-0.05, 0) is 12.3 Å². The zero-order valence-corrected chi connectivity index (χ0v) is 5.90. The number of amidine groups is 1. The maximum absolute atomic E-state index is 10.5. The average molecular weight is 144 g/mol. The molecule has 0 atom stereocenters. The molecule has 0 saturated heterocycles. The molecule has 3 nitrogen and oxygen atoms in total. The minimum atomic E-state index is -0.238. The van der Waals surface area contributed by atoms with Crippen molar-refractivity contribution >= 4 is 24.2 Å².